The van der Waals surface area contributed by atoms with E-state index in [1.54, 1.807) is 0 Å². The number of hydrogen-bond acceptors (Lipinski definition) is 0. The van der Waals surface area contributed by atoms with Crippen LogP contribution in [0.5, 0.6) is 0 Å². The van der Waals surface area contributed by atoms with Gasteiger partial charge in [-0.05, 0) is 0 Å². The normalized spacial score (nSPS) is 19.3. The number of rotatable bonds is 9. The summed E-state index contributed by atoms with van der Waals surface area (Å²) in [5.41, 5.74) is 19.0. The fraction of sp³-hybridized carbons (Fsp3) is 0.364. The number of allylic oxidation sites excluding steroid dienone is 2. The number of aryl methyl sites for hydroxylation is 2. The van der Waals surface area contributed by atoms with E-state index in [1.165, 1.54) is 77.9 Å². The predicted octanol–water partition coefficient (Wildman–Crippen LogP) is 13.9. The van der Waals surface area contributed by atoms with Crippen LogP contribution in [0.15, 0.2) is 83.9 Å². The Hall–Kier alpha value is -1.96. The van der Waals surface area contributed by atoms with Crippen LogP contribution >= 0.6 is 17.0 Å². The molecule has 2 aliphatic carbocycles. The third-order valence-electron chi connectivity index (χ3n) is 12.5. The van der Waals surface area contributed by atoms with E-state index in [0.29, 0.717) is 11.8 Å². The van der Waals surface area contributed by atoms with Crippen molar-refractivity contribution in [3.63, 3.8) is 0 Å². The molecular formula is C44H53Cl2SiZr. The molecule has 0 radical (unpaired) electrons. The summed E-state index contributed by atoms with van der Waals surface area (Å²) in [6.45, 7) is 23.4. The Labute approximate surface area is 299 Å². The molecule has 4 aromatic rings. The first-order chi connectivity index (χ1) is 22.8. The van der Waals surface area contributed by atoms with Crippen molar-refractivity contribution in [2.24, 2.45) is 11.8 Å². The Balaban J connectivity index is 1.66. The van der Waals surface area contributed by atoms with Crippen LogP contribution in [0.4, 0.5) is 0 Å². The van der Waals surface area contributed by atoms with Gasteiger partial charge in [-0.25, -0.2) is 0 Å². The Morgan fingerprint density at radius 1 is 0.583 bits per heavy atom. The van der Waals surface area contributed by atoms with Crippen LogP contribution in [-0.4, -0.2) is 5.92 Å². The molecule has 4 heteroatoms. The molecular weight excluding hydrogens is 719 g/mol. The van der Waals surface area contributed by atoms with Gasteiger partial charge in [-0.3, -0.25) is 0 Å². The van der Waals surface area contributed by atoms with Crippen molar-refractivity contribution < 1.29 is 15.6 Å². The molecule has 0 heterocycles. The number of hydrogen-bond donors (Lipinski definition) is 0. The second-order valence-corrected chi connectivity index (χ2v) is 57.8. The summed E-state index contributed by atoms with van der Waals surface area (Å²) < 4.78 is 0.174. The van der Waals surface area contributed by atoms with Crippen molar-refractivity contribution in [2.75, 3.05) is 0 Å². The quantitative estimate of drug-likeness (QED) is 0.149. The van der Waals surface area contributed by atoms with Gasteiger partial charge in [-0.15, -0.1) is 0 Å². The Morgan fingerprint density at radius 3 is 1.29 bits per heavy atom. The third-order valence-corrected chi connectivity index (χ3v) is 64.2. The molecule has 0 spiro atoms. The second-order valence-electron chi connectivity index (χ2n) is 15.3. The minimum atomic E-state index is -4.94. The van der Waals surface area contributed by atoms with E-state index < -0.39 is 21.5 Å². The molecule has 2 aliphatic rings. The second kappa shape index (κ2) is 13.3. The maximum absolute atomic E-state index is 8.85. The summed E-state index contributed by atoms with van der Waals surface area (Å²) in [6, 6.07) is 27.4. The molecule has 0 aromatic heterocycles. The van der Waals surface area contributed by atoms with Crippen molar-refractivity contribution in [2.45, 2.75) is 88.6 Å². The van der Waals surface area contributed by atoms with Gasteiger partial charge in [-0.2, -0.15) is 0 Å². The fourth-order valence-corrected chi connectivity index (χ4v) is 40.0. The van der Waals surface area contributed by atoms with E-state index in [2.05, 4.69) is 153 Å². The van der Waals surface area contributed by atoms with Crippen LogP contribution in [0.2, 0.25) is 13.1 Å². The van der Waals surface area contributed by atoms with E-state index >= 15 is 0 Å². The van der Waals surface area contributed by atoms with Crippen LogP contribution in [0.1, 0.15) is 92.3 Å². The average Bonchev–Trinajstić information content (AvgIpc) is 3.68. The van der Waals surface area contributed by atoms with Crippen LogP contribution in [-0.2, 0) is 15.6 Å². The Bertz CT molecular complexity index is 1830. The first kappa shape index (κ1) is 35.9. The van der Waals surface area contributed by atoms with Crippen LogP contribution in [0.3, 0.4) is 0 Å². The first-order valence-electron chi connectivity index (χ1n) is 18.1. The van der Waals surface area contributed by atoms with Gasteiger partial charge in [0.05, 0.1) is 0 Å². The molecule has 6 rings (SSSR count). The van der Waals surface area contributed by atoms with Crippen molar-refractivity contribution in [3.05, 3.63) is 128 Å². The topological polar surface area (TPSA) is 0 Å². The standard InChI is InChI=1S/2C21H23.C2H7Si.2ClH.Zr/c2*1-5-14(2)18-12-17-9-7-11-20(21(17)13-18)19-10-6-8-15(3)16(19)4;1-3-2;;;/h2*6-14H,5H2,1-4H3;3H,1-2H3;2*1H;/q;;;;;+2/p-2. The molecule has 4 unspecified atom stereocenters. The van der Waals surface area contributed by atoms with Crippen molar-refractivity contribution in [1.29, 1.82) is 0 Å². The van der Waals surface area contributed by atoms with Gasteiger partial charge < -0.3 is 0 Å². The van der Waals surface area contributed by atoms with Gasteiger partial charge in [0.25, 0.3) is 0 Å². The summed E-state index contributed by atoms with van der Waals surface area (Å²) in [6.07, 6.45) is 7.21. The fourth-order valence-electron chi connectivity index (χ4n) is 8.80. The van der Waals surface area contributed by atoms with Gasteiger partial charge in [-0.1, -0.05) is 0 Å². The van der Waals surface area contributed by atoms with Crippen molar-refractivity contribution in [1.82, 2.24) is 0 Å². The van der Waals surface area contributed by atoms with Crippen molar-refractivity contribution >= 4 is 35.1 Å². The molecule has 0 saturated carbocycles. The molecule has 0 nitrogen and oxygen atoms in total. The van der Waals surface area contributed by atoms with Crippen LogP contribution in [0.25, 0.3) is 34.4 Å². The van der Waals surface area contributed by atoms with E-state index in [9.17, 15) is 0 Å². The van der Waals surface area contributed by atoms with E-state index in [0.717, 1.165) is 12.8 Å². The predicted molar refractivity (Wildman–Crippen MR) is 214 cm³/mol. The molecule has 0 bridgehead atoms. The zero-order valence-electron chi connectivity index (χ0n) is 30.6. The monoisotopic (exact) mass is 769 g/mol. The van der Waals surface area contributed by atoms with Crippen molar-refractivity contribution in [3.8, 4) is 22.3 Å². The molecule has 4 aromatic carbocycles. The molecule has 0 fully saturated rings. The summed E-state index contributed by atoms with van der Waals surface area (Å²) in [5, 5.41) is 0. The van der Waals surface area contributed by atoms with Gasteiger partial charge in [0.1, 0.15) is 0 Å². The summed E-state index contributed by atoms with van der Waals surface area (Å²) in [4.78, 5) is 0. The molecule has 0 N–H and O–H groups in total. The number of fused-ring (bicyclic) bond motifs is 2. The number of halogens is 2. The van der Waals surface area contributed by atoms with Gasteiger partial charge >= 0.3 is 302 Å². The molecule has 4 atom stereocenters. The zero-order chi connectivity index (χ0) is 34.7. The third kappa shape index (κ3) is 5.48. The molecule has 48 heavy (non-hydrogen) atoms. The molecule has 0 amide bonds. The number of benzene rings is 4. The van der Waals surface area contributed by atoms with Gasteiger partial charge in [0, 0.05) is 0 Å². The first-order valence-corrected chi connectivity index (χ1v) is 34.5. The minimum absolute atomic E-state index is 0.0872. The summed E-state index contributed by atoms with van der Waals surface area (Å²) >= 11 is -4.94. The van der Waals surface area contributed by atoms with E-state index in [-0.39, 0.29) is 7.25 Å². The maximum atomic E-state index is 8.85. The SMILES string of the molecule is CCC(C)C1=Cc2c(-c3cccc(C)c3C)cccc2[CH]1[Zr]([Cl])([Cl])([CH]1C(C(C)CC)=Cc2c(-c3cccc(C)c3C)cccc21)[SiH](C)C. The van der Waals surface area contributed by atoms with E-state index in [4.69, 9.17) is 17.0 Å². The van der Waals surface area contributed by atoms with Gasteiger partial charge in [0.2, 0.25) is 0 Å². The van der Waals surface area contributed by atoms with Crippen LogP contribution in [0, 0.1) is 39.5 Å². The van der Waals surface area contributed by atoms with Gasteiger partial charge in [0.15, 0.2) is 0 Å². The summed E-state index contributed by atoms with van der Waals surface area (Å²) in [5.74, 6) is -0.890. The molecule has 0 aliphatic heterocycles. The average molecular weight is 772 g/mol. The molecule has 0 saturated heterocycles. The summed E-state index contributed by atoms with van der Waals surface area (Å²) in [7, 11) is 17.7. The van der Waals surface area contributed by atoms with Crippen LogP contribution < -0.4 is 0 Å². The Kier molecular flexibility index (Phi) is 9.93. The Morgan fingerprint density at radius 2 is 0.938 bits per heavy atom. The van der Waals surface area contributed by atoms with E-state index in [1.807, 2.05) is 0 Å². The molecule has 251 valence electrons. The zero-order valence-corrected chi connectivity index (χ0v) is 35.8.